The summed E-state index contributed by atoms with van der Waals surface area (Å²) in [4.78, 5) is 12.7. The Morgan fingerprint density at radius 3 is 2.71 bits per heavy atom. The molecule has 1 aromatic carbocycles. The predicted octanol–water partition coefficient (Wildman–Crippen LogP) is 3.42. The van der Waals surface area contributed by atoms with E-state index in [2.05, 4.69) is 0 Å². The Labute approximate surface area is 138 Å². The lowest BCUT2D eigenvalue weighted by Gasteiger charge is -2.37. The number of benzene rings is 1. The van der Waals surface area contributed by atoms with Crippen molar-refractivity contribution < 1.29 is 18.3 Å². The molecule has 6 heteroatoms. The number of allylic oxidation sites excluding steroid dienone is 3. The fourth-order valence-electron chi connectivity index (χ4n) is 3.33. The van der Waals surface area contributed by atoms with Gasteiger partial charge in [-0.15, -0.1) is 0 Å². The molecule has 2 N–H and O–H groups in total. The maximum Gasteiger partial charge on any atom is 0.205 e. The van der Waals surface area contributed by atoms with Gasteiger partial charge in [0.2, 0.25) is 5.88 Å². The number of rotatable bonds is 1. The molecule has 124 valence electrons. The number of nitrogens with zero attached hydrogens (tertiary/aromatic N) is 1. The smallest absolute Gasteiger partial charge is 0.205 e. The molecule has 1 atom stereocenters. The number of hydrogen-bond donors (Lipinski definition) is 1. The normalized spacial score (nSPS) is 22.8. The number of hydrogen-bond acceptors (Lipinski definition) is 4. The zero-order valence-electron chi connectivity index (χ0n) is 13.3. The zero-order valence-corrected chi connectivity index (χ0v) is 13.3. The molecule has 4 nitrogen and oxygen atoms in total. The zero-order chi connectivity index (χ0) is 17.6. The van der Waals surface area contributed by atoms with E-state index in [4.69, 9.17) is 10.5 Å². The van der Waals surface area contributed by atoms with Crippen molar-refractivity contribution >= 4 is 5.78 Å². The van der Waals surface area contributed by atoms with E-state index in [0.29, 0.717) is 12.2 Å². The fourth-order valence-corrected chi connectivity index (χ4v) is 3.33. The first-order chi connectivity index (χ1) is 11.2. The lowest BCUT2D eigenvalue weighted by atomic mass is 9.70. The summed E-state index contributed by atoms with van der Waals surface area (Å²) in [5.41, 5.74) is 5.53. The van der Waals surface area contributed by atoms with Crippen LogP contribution in [0.2, 0.25) is 0 Å². The van der Waals surface area contributed by atoms with Crippen LogP contribution in [-0.4, -0.2) is 5.78 Å². The third-order valence-corrected chi connectivity index (χ3v) is 4.34. The van der Waals surface area contributed by atoms with Crippen molar-refractivity contribution in [3.63, 3.8) is 0 Å². The Kier molecular flexibility index (Phi) is 3.67. The molecule has 3 rings (SSSR count). The number of ketones is 1. The molecule has 1 unspecified atom stereocenters. The Hall–Kier alpha value is -2.68. The Morgan fingerprint density at radius 2 is 2.04 bits per heavy atom. The van der Waals surface area contributed by atoms with Crippen molar-refractivity contribution in [3.05, 3.63) is 58.2 Å². The summed E-state index contributed by atoms with van der Waals surface area (Å²) in [6.45, 7) is 3.82. The Morgan fingerprint density at radius 1 is 1.33 bits per heavy atom. The van der Waals surface area contributed by atoms with E-state index in [1.165, 1.54) is 0 Å². The summed E-state index contributed by atoms with van der Waals surface area (Å²) in [5, 5.41) is 9.41. The van der Waals surface area contributed by atoms with Crippen molar-refractivity contribution in [1.29, 1.82) is 5.26 Å². The first-order valence-corrected chi connectivity index (χ1v) is 7.52. The molecule has 0 aromatic heterocycles. The molecule has 0 saturated heterocycles. The molecule has 0 amide bonds. The summed E-state index contributed by atoms with van der Waals surface area (Å²) >= 11 is 0. The average Bonchev–Trinajstić information content (AvgIpc) is 2.47. The van der Waals surface area contributed by atoms with E-state index >= 15 is 0 Å². The van der Waals surface area contributed by atoms with Gasteiger partial charge in [0.05, 0.1) is 5.92 Å². The van der Waals surface area contributed by atoms with Crippen LogP contribution in [0.3, 0.4) is 0 Å². The number of nitrogens with two attached hydrogens (primary N) is 1. The SMILES string of the molecule is CC1(C)CC(=O)C2=C(C1)OC(N)=C(C#N)C2c1cc(F)ccc1F. The van der Waals surface area contributed by atoms with Gasteiger partial charge in [0.1, 0.15) is 29.0 Å². The van der Waals surface area contributed by atoms with Gasteiger partial charge in [0.25, 0.3) is 0 Å². The maximum absolute atomic E-state index is 14.3. The summed E-state index contributed by atoms with van der Waals surface area (Å²) in [7, 11) is 0. The minimum absolute atomic E-state index is 0.0775. The van der Waals surface area contributed by atoms with Crippen molar-refractivity contribution in [1.82, 2.24) is 0 Å². The van der Waals surface area contributed by atoms with Gasteiger partial charge in [-0.25, -0.2) is 8.78 Å². The van der Waals surface area contributed by atoms with Crippen LogP contribution in [0.15, 0.2) is 41.0 Å². The van der Waals surface area contributed by atoms with Crippen LogP contribution in [-0.2, 0) is 9.53 Å². The second-order valence-electron chi connectivity index (χ2n) is 6.87. The second-order valence-corrected chi connectivity index (χ2v) is 6.87. The van der Waals surface area contributed by atoms with Crippen LogP contribution in [0, 0.1) is 28.4 Å². The van der Waals surface area contributed by atoms with E-state index in [-0.39, 0.29) is 40.2 Å². The fraction of sp³-hybridized carbons (Fsp3) is 0.333. The van der Waals surface area contributed by atoms with Crippen molar-refractivity contribution in [2.75, 3.05) is 0 Å². The van der Waals surface area contributed by atoms with E-state index in [1.807, 2.05) is 19.9 Å². The number of carbonyl (C=O) groups excluding carboxylic acids is 1. The molecule has 0 spiro atoms. The molecule has 0 fully saturated rings. The van der Waals surface area contributed by atoms with E-state index in [9.17, 15) is 18.8 Å². The number of halogens is 2. The number of Topliss-reactive ketones (excluding diaryl/α,β-unsaturated/α-hetero) is 1. The second kappa shape index (κ2) is 5.45. The number of nitriles is 1. The first-order valence-electron chi connectivity index (χ1n) is 7.52. The molecule has 2 aliphatic rings. The van der Waals surface area contributed by atoms with Crippen molar-refractivity contribution in [2.45, 2.75) is 32.6 Å². The topological polar surface area (TPSA) is 76.1 Å². The molecule has 0 saturated carbocycles. The maximum atomic E-state index is 14.3. The molecule has 24 heavy (non-hydrogen) atoms. The molecule has 0 radical (unpaired) electrons. The van der Waals surface area contributed by atoms with Gasteiger partial charge in [-0.1, -0.05) is 13.8 Å². The molecule has 1 aliphatic carbocycles. The Balaban J connectivity index is 2.24. The standard InChI is InChI=1S/C18H16F2N2O2/c1-18(2)6-13(23)16-14(7-18)24-17(22)11(8-21)15(16)10-5-9(19)3-4-12(10)20/h3-5,15H,6-7,22H2,1-2H3. The minimum atomic E-state index is -1.04. The number of ether oxygens (including phenoxy) is 1. The summed E-state index contributed by atoms with van der Waals surface area (Å²) in [6, 6.07) is 4.83. The van der Waals surface area contributed by atoms with Gasteiger partial charge in [-0.2, -0.15) is 5.26 Å². The molecule has 1 aliphatic heterocycles. The van der Waals surface area contributed by atoms with Crippen molar-refractivity contribution in [2.24, 2.45) is 11.1 Å². The molecule has 0 bridgehead atoms. The van der Waals surface area contributed by atoms with Gasteiger partial charge in [0, 0.05) is 24.0 Å². The highest BCUT2D eigenvalue weighted by Gasteiger charge is 2.43. The average molecular weight is 330 g/mol. The molecular weight excluding hydrogens is 314 g/mol. The van der Waals surface area contributed by atoms with Crippen LogP contribution < -0.4 is 5.73 Å². The van der Waals surface area contributed by atoms with E-state index in [1.54, 1.807) is 0 Å². The molecule has 1 heterocycles. The Bertz CT molecular complexity index is 847. The van der Waals surface area contributed by atoms with Crippen LogP contribution in [0.5, 0.6) is 0 Å². The van der Waals surface area contributed by atoms with Crippen LogP contribution in [0.1, 0.15) is 38.2 Å². The molecule has 1 aromatic rings. The van der Waals surface area contributed by atoms with Crippen molar-refractivity contribution in [3.8, 4) is 6.07 Å². The number of carbonyl (C=O) groups is 1. The van der Waals surface area contributed by atoms with Crippen LogP contribution in [0.4, 0.5) is 8.78 Å². The van der Waals surface area contributed by atoms with Gasteiger partial charge >= 0.3 is 0 Å². The minimum Gasteiger partial charge on any atom is -0.444 e. The highest BCUT2D eigenvalue weighted by atomic mass is 19.1. The summed E-state index contributed by atoms with van der Waals surface area (Å²) in [5.74, 6) is -2.47. The molecular formula is C18H16F2N2O2. The highest BCUT2D eigenvalue weighted by molar-refractivity contribution is 6.00. The highest BCUT2D eigenvalue weighted by Crippen LogP contribution is 2.48. The van der Waals surface area contributed by atoms with Gasteiger partial charge in [0.15, 0.2) is 5.78 Å². The van der Waals surface area contributed by atoms with Gasteiger partial charge in [-0.3, -0.25) is 4.79 Å². The monoisotopic (exact) mass is 330 g/mol. The summed E-state index contributed by atoms with van der Waals surface area (Å²) < 4.78 is 33.5. The first kappa shape index (κ1) is 16.2. The summed E-state index contributed by atoms with van der Waals surface area (Å²) in [6.07, 6.45) is 0.669. The van der Waals surface area contributed by atoms with E-state index in [0.717, 1.165) is 18.2 Å². The van der Waals surface area contributed by atoms with Crippen LogP contribution >= 0.6 is 0 Å². The third-order valence-electron chi connectivity index (χ3n) is 4.34. The largest absolute Gasteiger partial charge is 0.444 e. The predicted molar refractivity (Wildman–Crippen MR) is 82.1 cm³/mol. The lowest BCUT2D eigenvalue weighted by molar-refractivity contribution is -0.119. The lowest BCUT2D eigenvalue weighted by Crippen LogP contribution is -2.33. The van der Waals surface area contributed by atoms with Gasteiger partial charge in [-0.05, 0) is 23.6 Å². The quantitative estimate of drug-likeness (QED) is 0.856. The van der Waals surface area contributed by atoms with Crippen LogP contribution in [0.25, 0.3) is 0 Å². The third kappa shape index (κ3) is 2.56. The van der Waals surface area contributed by atoms with E-state index < -0.39 is 17.6 Å². The van der Waals surface area contributed by atoms with Gasteiger partial charge < -0.3 is 10.5 Å².